The van der Waals surface area contributed by atoms with Crippen molar-refractivity contribution < 1.29 is 19.4 Å². The summed E-state index contributed by atoms with van der Waals surface area (Å²) in [6, 6.07) is 6.30. The molecule has 0 aromatic heterocycles. The average Bonchev–Trinajstić information content (AvgIpc) is 2.64. The minimum absolute atomic E-state index is 0.601. The second-order valence-electron chi connectivity index (χ2n) is 4.22. The predicted molar refractivity (Wildman–Crippen MR) is 65.7 cm³/mol. The number of para-hydroxylation sites is 1. The zero-order valence-corrected chi connectivity index (χ0v) is 10.3. The van der Waals surface area contributed by atoms with Gasteiger partial charge in [0.05, 0.1) is 5.69 Å². The molecule has 96 valence electrons. The van der Waals surface area contributed by atoms with Crippen LogP contribution >= 0.6 is 0 Å². The Morgan fingerprint density at radius 3 is 2.72 bits per heavy atom. The van der Waals surface area contributed by atoms with E-state index in [1.54, 1.807) is 19.1 Å². The number of carbonyl (C=O) groups is 2. The van der Waals surface area contributed by atoms with E-state index >= 15 is 0 Å². The van der Waals surface area contributed by atoms with Crippen LogP contribution in [0, 0.1) is 0 Å². The van der Waals surface area contributed by atoms with Crippen molar-refractivity contribution in [1.29, 1.82) is 0 Å². The van der Waals surface area contributed by atoms with Gasteiger partial charge in [0.15, 0.2) is 6.04 Å². The lowest BCUT2D eigenvalue weighted by molar-refractivity contribution is -0.139. The summed E-state index contributed by atoms with van der Waals surface area (Å²) < 4.78 is 5.01. The number of carbonyl (C=O) groups excluding carboxylic acids is 1. The van der Waals surface area contributed by atoms with Gasteiger partial charge in [0.2, 0.25) is 0 Å². The van der Waals surface area contributed by atoms with Crippen LogP contribution in [-0.4, -0.2) is 29.3 Å². The first-order chi connectivity index (χ1) is 8.56. The van der Waals surface area contributed by atoms with Crippen LogP contribution in [0.3, 0.4) is 0 Å². The second-order valence-corrected chi connectivity index (χ2v) is 4.22. The lowest BCUT2D eigenvalue weighted by atomic mass is 10.1. The largest absolute Gasteiger partial charge is 0.480 e. The molecule has 1 aliphatic heterocycles. The number of benzene rings is 1. The monoisotopic (exact) mass is 249 g/mol. The fourth-order valence-electron chi connectivity index (χ4n) is 2.21. The number of aryl methyl sites for hydroxylation is 1. The van der Waals surface area contributed by atoms with E-state index in [1.807, 2.05) is 19.1 Å². The normalized spacial score (nSPS) is 23.0. The predicted octanol–water partition coefficient (Wildman–Crippen LogP) is 2.05. The SMILES string of the molecule is CCc1ccccc1N1C(=O)OC(C)C1C(=O)O. The van der Waals surface area contributed by atoms with Crippen LogP contribution in [0.15, 0.2) is 24.3 Å². The third-order valence-corrected chi connectivity index (χ3v) is 3.09. The number of aliphatic carboxylic acids is 1. The molecule has 18 heavy (non-hydrogen) atoms. The van der Waals surface area contributed by atoms with E-state index < -0.39 is 24.2 Å². The first-order valence-corrected chi connectivity index (χ1v) is 5.86. The molecule has 2 atom stereocenters. The standard InChI is InChI=1S/C13H15NO4/c1-3-9-6-4-5-7-10(9)14-11(12(15)16)8(2)18-13(14)17/h4-8,11H,3H2,1-2H3,(H,15,16). The van der Waals surface area contributed by atoms with Gasteiger partial charge in [0.1, 0.15) is 6.10 Å². The minimum atomic E-state index is -1.06. The molecule has 1 aromatic rings. The van der Waals surface area contributed by atoms with Crippen LogP contribution in [0.4, 0.5) is 10.5 Å². The van der Waals surface area contributed by atoms with Crippen LogP contribution in [0.5, 0.6) is 0 Å². The fourth-order valence-corrected chi connectivity index (χ4v) is 2.21. The Labute approximate surface area is 105 Å². The van der Waals surface area contributed by atoms with Crippen molar-refractivity contribution in [2.75, 3.05) is 4.90 Å². The van der Waals surface area contributed by atoms with Gasteiger partial charge in [-0.2, -0.15) is 0 Å². The fraction of sp³-hybridized carbons (Fsp3) is 0.385. The molecule has 1 aliphatic rings. The molecule has 1 aromatic carbocycles. The van der Waals surface area contributed by atoms with Crippen LogP contribution in [0.1, 0.15) is 19.4 Å². The topological polar surface area (TPSA) is 66.8 Å². The number of ether oxygens (including phenoxy) is 1. The summed E-state index contributed by atoms with van der Waals surface area (Å²) in [5.74, 6) is -1.06. The lowest BCUT2D eigenvalue weighted by Gasteiger charge is -2.22. The van der Waals surface area contributed by atoms with Crippen molar-refractivity contribution in [2.45, 2.75) is 32.4 Å². The molecular formula is C13H15NO4. The van der Waals surface area contributed by atoms with E-state index in [4.69, 9.17) is 4.74 Å². The van der Waals surface area contributed by atoms with Crippen molar-refractivity contribution in [3.63, 3.8) is 0 Å². The Morgan fingerprint density at radius 2 is 2.11 bits per heavy atom. The average molecular weight is 249 g/mol. The lowest BCUT2D eigenvalue weighted by Crippen LogP contribution is -2.42. The number of carboxylic acid groups (broad SMARTS) is 1. The van der Waals surface area contributed by atoms with Gasteiger partial charge >= 0.3 is 12.1 Å². The summed E-state index contributed by atoms with van der Waals surface area (Å²) in [4.78, 5) is 24.3. The summed E-state index contributed by atoms with van der Waals surface area (Å²) >= 11 is 0. The van der Waals surface area contributed by atoms with Gasteiger partial charge in [-0.3, -0.25) is 4.90 Å². The van der Waals surface area contributed by atoms with Gasteiger partial charge in [-0.05, 0) is 25.0 Å². The van der Waals surface area contributed by atoms with E-state index in [9.17, 15) is 14.7 Å². The molecule has 5 heteroatoms. The van der Waals surface area contributed by atoms with E-state index in [1.165, 1.54) is 4.90 Å². The van der Waals surface area contributed by atoms with E-state index in [2.05, 4.69) is 0 Å². The molecule has 0 bridgehead atoms. The Kier molecular flexibility index (Phi) is 3.23. The quantitative estimate of drug-likeness (QED) is 0.890. The molecule has 0 spiro atoms. The van der Waals surface area contributed by atoms with Gasteiger partial charge < -0.3 is 9.84 Å². The Morgan fingerprint density at radius 1 is 1.44 bits per heavy atom. The van der Waals surface area contributed by atoms with Crippen LogP contribution < -0.4 is 4.90 Å². The smallest absolute Gasteiger partial charge is 0.415 e. The second kappa shape index (κ2) is 4.68. The van der Waals surface area contributed by atoms with E-state index in [-0.39, 0.29) is 0 Å². The van der Waals surface area contributed by atoms with Gasteiger partial charge in [0.25, 0.3) is 0 Å². The Balaban J connectivity index is 2.47. The molecular weight excluding hydrogens is 234 g/mol. The van der Waals surface area contributed by atoms with Crippen LogP contribution in [0.2, 0.25) is 0 Å². The Hall–Kier alpha value is -2.04. The van der Waals surface area contributed by atoms with Crippen molar-refractivity contribution in [2.24, 2.45) is 0 Å². The number of anilines is 1. The number of amides is 1. The van der Waals surface area contributed by atoms with E-state index in [0.717, 1.165) is 12.0 Å². The molecule has 1 N–H and O–H groups in total. The molecule has 0 saturated carbocycles. The number of nitrogens with zero attached hydrogens (tertiary/aromatic N) is 1. The molecule has 1 heterocycles. The van der Waals surface area contributed by atoms with Gasteiger partial charge in [0, 0.05) is 0 Å². The zero-order chi connectivity index (χ0) is 13.3. The molecule has 5 nitrogen and oxygen atoms in total. The molecule has 0 aliphatic carbocycles. The Bertz CT molecular complexity index is 486. The number of hydrogen-bond donors (Lipinski definition) is 1. The van der Waals surface area contributed by atoms with Crippen molar-refractivity contribution >= 4 is 17.7 Å². The number of cyclic esters (lactones) is 1. The third-order valence-electron chi connectivity index (χ3n) is 3.09. The first-order valence-electron chi connectivity index (χ1n) is 5.86. The molecule has 2 rings (SSSR count). The van der Waals surface area contributed by atoms with Crippen molar-refractivity contribution in [1.82, 2.24) is 0 Å². The summed E-state index contributed by atoms with van der Waals surface area (Å²) in [6.07, 6.45) is -0.531. The molecule has 0 radical (unpaired) electrons. The number of hydrogen-bond acceptors (Lipinski definition) is 3. The highest BCUT2D eigenvalue weighted by atomic mass is 16.6. The minimum Gasteiger partial charge on any atom is -0.480 e. The van der Waals surface area contributed by atoms with Crippen LogP contribution in [-0.2, 0) is 16.0 Å². The summed E-state index contributed by atoms with van der Waals surface area (Å²) in [6.45, 7) is 3.55. The maximum Gasteiger partial charge on any atom is 0.415 e. The number of rotatable bonds is 3. The summed E-state index contributed by atoms with van der Waals surface area (Å²) in [7, 11) is 0. The highest BCUT2D eigenvalue weighted by Crippen LogP contribution is 2.30. The van der Waals surface area contributed by atoms with Gasteiger partial charge in [-0.15, -0.1) is 0 Å². The van der Waals surface area contributed by atoms with Crippen molar-refractivity contribution in [3.05, 3.63) is 29.8 Å². The maximum atomic E-state index is 11.8. The van der Waals surface area contributed by atoms with Gasteiger partial charge in [-0.1, -0.05) is 25.1 Å². The molecule has 1 saturated heterocycles. The summed E-state index contributed by atoms with van der Waals surface area (Å²) in [5, 5.41) is 9.22. The highest BCUT2D eigenvalue weighted by Gasteiger charge is 2.45. The summed E-state index contributed by atoms with van der Waals surface area (Å²) in [5.41, 5.74) is 1.54. The zero-order valence-electron chi connectivity index (χ0n) is 10.3. The van der Waals surface area contributed by atoms with Crippen molar-refractivity contribution in [3.8, 4) is 0 Å². The highest BCUT2D eigenvalue weighted by molar-refractivity contribution is 5.99. The molecule has 1 fully saturated rings. The van der Waals surface area contributed by atoms with Gasteiger partial charge in [-0.25, -0.2) is 9.59 Å². The third kappa shape index (κ3) is 1.92. The number of carboxylic acids is 1. The van der Waals surface area contributed by atoms with Crippen LogP contribution in [0.25, 0.3) is 0 Å². The van der Waals surface area contributed by atoms with E-state index in [0.29, 0.717) is 5.69 Å². The maximum absolute atomic E-state index is 11.8. The molecule has 1 amide bonds. The molecule has 2 unspecified atom stereocenters. The first kappa shape index (κ1) is 12.4.